The summed E-state index contributed by atoms with van der Waals surface area (Å²) in [6.45, 7) is -0.476. The Morgan fingerprint density at radius 3 is 2.86 bits per heavy atom. The van der Waals surface area contributed by atoms with E-state index in [1.54, 1.807) is 0 Å². The van der Waals surface area contributed by atoms with Gasteiger partial charge in [0.2, 0.25) is 0 Å². The molecule has 0 amide bonds. The summed E-state index contributed by atoms with van der Waals surface area (Å²) < 4.78 is 6.27. The fraction of sp³-hybridized carbons (Fsp3) is 0.500. The number of fused-ring (bicyclic) bond motifs is 1. The Labute approximate surface area is 121 Å². The quantitative estimate of drug-likeness (QED) is 0.396. The Kier molecular flexibility index (Phi) is 3.51. The lowest BCUT2D eigenvalue weighted by Gasteiger charge is -2.16. The standard InChI is InChI=1S/C10H12N4O6S/c15-1-3-5(16)6(17)9(19-3)20-14-2-11-7-4(14)8(18)13-10(21)12-7/h2-3,5-6,9,15-17H,1H2,(H2,12,13,18,21)/t3-,5-,6-,9-/m1/s1. The molecule has 1 aliphatic rings. The highest BCUT2D eigenvalue weighted by molar-refractivity contribution is 7.71. The third-order valence-corrected chi connectivity index (χ3v) is 3.33. The molecular formula is C10H12N4O6S. The van der Waals surface area contributed by atoms with Crippen molar-refractivity contribution in [1.29, 1.82) is 0 Å². The van der Waals surface area contributed by atoms with E-state index in [-0.39, 0.29) is 15.9 Å². The van der Waals surface area contributed by atoms with E-state index in [9.17, 15) is 15.0 Å². The molecule has 0 aliphatic carbocycles. The molecule has 5 N–H and O–H groups in total. The zero-order chi connectivity index (χ0) is 15.1. The van der Waals surface area contributed by atoms with Crippen molar-refractivity contribution < 1.29 is 24.9 Å². The maximum absolute atomic E-state index is 11.8. The number of nitrogens with one attached hydrogen (secondary N) is 2. The lowest BCUT2D eigenvalue weighted by molar-refractivity contribution is -0.168. The number of H-pyrrole nitrogens is 2. The molecule has 114 valence electrons. The normalized spacial score (nSPS) is 29.1. The van der Waals surface area contributed by atoms with Gasteiger partial charge in [0.15, 0.2) is 15.9 Å². The first-order chi connectivity index (χ1) is 10.0. The van der Waals surface area contributed by atoms with Crippen LogP contribution in [0.15, 0.2) is 11.1 Å². The summed E-state index contributed by atoms with van der Waals surface area (Å²) in [5, 5.41) is 28.4. The maximum Gasteiger partial charge on any atom is 0.281 e. The molecule has 4 atom stereocenters. The van der Waals surface area contributed by atoms with Crippen molar-refractivity contribution in [2.45, 2.75) is 24.6 Å². The molecule has 11 heteroatoms. The molecule has 0 bridgehead atoms. The molecule has 2 aromatic heterocycles. The van der Waals surface area contributed by atoms with Gasteiger partial charge in [-0.3, -0.25) is 9.78 Å². The van der Waals surface area contributed by atoms with Crippen LogP contribution >= 0.6 is 12.2 Å². The van der Waals surface area contributed by atoms with Gasteiger partial charge in [0.1, 0.15) is 24.6 Å². The zero-order valence-electron chi connectivity index (χ0n) is 10.5. The smallest absolute Gasteiger partial charge is 0.281 e. The highest BCUT2D eigenvalue weighted by Gasteiger charge is 2.44. The summed E-state index contributed by atoms with van der Waals surface area (Å²) in [6, 6.07) is 0. The van der Waals surface area contributed by atoms with Gasteiger partial charge in [0.05, 0.1) is 6.61 Å². The fourth-order valence-electron chi connectivity index (χ4n) is 2.08. The van der Waals surface area contributed by atoms with E-state index in [1.807, 2.05) is 0 Å². The van der Waals surface area contributed by atoms with E-state index in [4.69, 9.17) is 26.9 Å². The molecule has 0 aromatic carbocycles. The van der Waals surface area contributed by atoms with Gasteiger partial charge in [0, 0.05) is 0 Å². The van der Waals surface area contributed by atoms with Crippen LogP contribution in [-0.2, 0) is 4.74 Å². The average Bonchev–Trinajstić information content (AvgIpc) is 2.95. The minimum absolute atomic E-state index is 0.0429. The molecule has 3 rings (SSSR count). The maximum atomic E-state index is 11.8. The molecule has 2 aromatic rings. The predicted molar refractivity (Wildman–Crippen MR) is 69.9 cm³/mol. The van der Waals surface area contributed by atoms with Crippen molar-refractivity contribution in [3.05, 3.63) is 21.5 Å². The lowest BCUT2D eigenvalue weighted by atomic mass is 10.1. The van der Waals surface area contributed by atoms with Crippen LogP contribution in [0.4, 0.5) is 0 Å². The fourth-order valence-corrected chi connectivity index (χ4v) is 2.27. The summed E-state index contributed by atoms with van der Waals surface area (Å²) in [7, 11) is 0. The van der Waals surface area contributed by atoms with Crippen LogP contribution in [0.3, 0.4) is 0 Å². The van der Waals surface area contributed by atoms with Gasteiger partial charge in [-0.2, -0.15) is 4.73 Å². The van der Waals surface area contributed by atoms with Crippen LogP contribution in [0, 0.1) is 4.77 Å². The summed E-state index contributed by atoms with van der Waals surface area (Å²) in [6.07, 6.45) is -3.69. The van der Waals surface area contributed by atoms with Gasteiger partial charge in [-0.05, 0) is 12.2 Å². The number of hydrogen-bond donors (Lipinski definition) is 5. The van der Waals surface area contributed by atoms with E-state index in [2.05, 4.69) is 15.0 Å². The molecular weight excluding hydrogens is 304 g/mol. The molecule has 0 saturated carbocycles. The monoisotopic (exact) mass is 316 g/mol. The van der Waals surface area contributed by atoms with Gasteiger partial charge < -0.3 is 29.9 Å². The van der Waals surface area contributed by atoms with Crippen molar-refractivity contribution in [2.24, 2.45) is 0 Å². The summed E-state index contributed by atoms with van der Waals surface area (Å²) in [5.41, 5.74) is -0.283. The second-order valence-corrected chi connectivity index (χ2v) is 4.90. The van der Waals surface area contributed by atoms with Crippen LogP contribution in [-0.4, -0.2) is 66.2 Å². The Hall–Kier alpha value is -1.79. The van der Waals surface area contributed by atoms with E-state index in [0.717, 1.165) is 4.73 Å². The SMILES string of the molecule is O=c1[nH]c(=S)[nH]c2ncn(O[C@H]3O[C@H](CO)[C@@H](O)[C@H]3O)c12. The molecule has 0 radical (unpaired) electrons. The number of aliphatic hydroxyl groups excluding tert-OH is 3. The van der Waals surface area contributed by atoms with Gasteiger partial charge in [0.25, 0.3) is 11.8 Å². The second kappa shape index (κ2) is 5.20. The minimum Gasteiger partial charge on any atom is -0.394 e. The van der Waals surface area contributed by atoms with Crippen molar-refractivity contribution in [2.75, 3.05) is 6.61 Å². The number of ether oxygens (including phenoxy) is 1. The van der Waals surface area contributed by atoms with Gasteiger partial charge in [-0.1, -0.05) is 0 Å². The first-order valence-electron chi connectivity index (χ1n) is 6.00. The third kappa shape index (κ3) is 2.34. The zero-order valence-corrected chi connectivity index (χ0v) is 11.3. The topological polar surface area (TPSA) is 146 Å². The highest BCUT2D eigenvalue weighted by Crippen LogP contribution is 2.20. The van der Waals surface area contributed by atoms with Crippen LogP contribution in [0.5, 0.6) is 0 Å². The summed E-state index contributed by atoms with van der Waals surface area (Å²) in [4.78, 5) is 26.1. The first kappa shape index (κ1) is 14.2. The van der Waals surface area contributed by atoms with Gasteiger partial charge in [-0.15, -0.1) is 0 Å². The molecule has 1 fully saturated rings. The van der Waals surface area contributed by atoms with E-state index < -0.39 is 36.8 Å². The average molecular weight is 316 g/mol. The third-order valence-electron chi connectivity index (χ3n) is 3.13. The van der Waals surface area contributed by atoms with Crippen LogP contribution in [0.1, 0.15) is 0 Å². The number of aromatic nitrogens is 4. The van der Waals surface area contributed by atoms with E-state index in [0.29, 0.717) is 0 Å². The first-order valence-corrected chi connectivity index (χ1v) is 6.41. The van der Waals surface area contributed by atoms with Crippen molar-refractivity contribution in [1.82, 2.24) is 19.7 Å². The number of nitrogens with zero attached hydrogens (tertiary/aromatic N) is 2. The highest BCUT2D eigenvalue weighted by atomic mass is 32.1. The number of imidazole rings is 1. The van der Waals surface area contributed by atoms with E-state index >= 15 is 0 Å². The second-order valence-electron chi connectivity index (χ2n) is 4.49. The van der Waals surface area contributed by atoms with Crippen molar-refractivity contribution >= 4 is 23.4 Å². The molecule has 3 heterocycles. The van der Waals surface area contributed by atoms with Crippen LogP contribution < -0.4 is 10.4 Å². The van der Waals surface area contributed by atoms with Crippen LogP contribution in [0.25, 0.3) is 11.2 Å². The Balaban J connectivity index is 1.93. The number of rotatable bonds is 3. The summed E-state index contributed by atoms with van der Waals surface area (Å²) in [5.74, 6) is 0. The molecule has 0 spiro atoms. The summed E-state index contributed by atoms with van der Waals surface area (Å²) >= 11 is 4.82. The Bertz CT molecular complexity index is 769. The Morgan fingerprint density at radius 2 is 2.19 bits per heavy atom. The molecule has 0 unspecified atom stereocenters. The van der Waals surface area contributed by atoms with Gasteiger partial charge in [-0.25, -0.2) is 4.98 Å². The van der Waals surface area contributed by atoms with Crippen LogP contribution in [0.2, 0.25) is 0 Å². The molecule has 10 nitrogen and oxygen atoms in total. The number of hydrogen-bond acceptors (Lipinski definition) is 8. The largest absolute Gasteiger partial charge is 0.394 e. The molecule has 1 aliphatic heterocycles. The van der Waals surface area contributed by atoms with Crippen molar-refractivity contribution in [3.8, 4) is 0 Å². The van der Waals surface area contributed by atoms with E-state index in [1.165, 1.54) is 6.33 Å². The molecule has 1 saturated heterocycles. The van der Waals surface area contributed by atoms with Gasteiger partial charge >= 0.3 is 0 Å². The van der Waals surface area contributed by atoms with Crippen molar-refractivity contribution in [3.63, 3.8) is 0 Å². The minimum atomic E-state index is -1.37. The Morgan fingerprint density at radius 1 is 1.43 bits per heavy atom. The molecule has 21 heavy (non-hydrogen) atoms. The lowest BCUT2D eigenvalue weighted by Crippen LogP contribution is -2.38. The predicted octanol–water partition coefficient (Wildman–Crippen LogP) is -2.35. The number of aromatic amines is 2. The number of aliphatic hydroxyl groups is 3.